The molecule has 1 unspecified atom stereocenters. The van der Waals surface area contributed by atoms with Crippen LogP contribution < -0.4 is 0 Å². The summed E-state index contributed by atoms with van der Waals surface area (Å²) in [6.45, 7) is 8.92. The molecule has 0 aliphatic carbocycles. The third-order valence-corrected chi connectivity index (χ3v) is 13.5. The van der Waals surface area contributed by atoms with Crippen LogP contribution in [0.1, 0.15) is 0 Å². The molecule has 0 radical (unpaired) electrons. The molecule has 1 heterocycles. The van der Waals surface area contributed by atoms with Crippen LogP contribution in [0.3, 0.4) is 0 Å². The summed E-state index contributed by atoms with van der Waals surface area (Å²) in [5.41, 5.74) is 0. The van der Waals surface area contributed by atoms with Crippen molar-refractivity contribution in [2.75, 3.05) is 143 Å². The van der Waals surface area contributed by atoms with Crippen molar-refractivity contribution in [2.24, 2.45) is 13.5 Å². The summed E-state index contributed by atoms with van der Waals surface area (Å²) < 4.78 is 53.5. The predicted octanol–water partition coefficient (Wildman–Crippen LogP) is 3.93. The molecule has 238 valence electrons. The van der Waals surface area contributed by atoms with Crippen LogP contribution in [0.25, 0.3) is 0 Å². The zero-order valence-electron chi connectivity index (χ0n) is 26.4. The fraction of sp³-hybridized carbons (Fsp3) is 0.913. The quantitative estimate of drug-likeness (QED) is 0.121. The summed E-state index contributed by atoms with van der Waals surface area (Å²) in [5, 5.41) is 0. The molecule has 1 atom stereocenters. The van der Waals surface area contributed by atoms with Crippen LogP contribution >= 0.6 is 23.0 Å². The van der Waals surface area contributed by atoms with Gasteiger partial charge in [-0.1, -0.05) is 6.08 Å². The molecule has 0 aromatic carbocycles. The van der Waals surface area contributed by atoms with Crippen LogP contribution in [0.4, 0.5) is 0 Å². The van der Waals surface area contributed by atoms with Gasteiger partial charge in [0.1, 0.15) is 0 Å². The molecule has 0 N–H and O–H groups in total. The normalized spacial score (nSPS) is 20.3. The van der Waals surface area contributed by atoms with E-state index in [1.807, 2.05) is 95.0 Å². The van der Waals surface area contributed by atoms with Crippen molar-refractivity contribution in [2.45, 2.75) is 0 Å². The molecule has 1 rings (SSSR count). The highest BCUT2D eigenvalue weighted by Crippen LogP contribution is 2.80. The maximum absolute atomic E-state index is 6.45. The van der Waals surface area contributed by atoms with Gasteiger partial charge >= 0.3 is 23.0 Å². The number of nitrogens with zero attached hydrogens (tertiary/aromatic N) is 8. The minimum atomic E-state index is -3.36. The molecular weight excluding hydrogens is 577 g/mol. The van der Waals surface area contributed by atoms with E-state index in [0.717, 1.165) is 0 Å². The van der Waals surface area contributed by atoms with Crippen LogP contribution in [0.2, 0.25) is 0 Å². The second-order valence-electron chi connectivity index (χ2n) is 10.5. The number of likely N-dealkylation sites (N-methyl/N-ethyl adjacent to an activating group) is 5. The lowest BCUT2D eigenvalue weighted by atomic mass is 10.6. The van der Waals surface area contributed by atoms with Crippen LogP contribution in [-0.4, -0.2) is 167 Å². The highest BCUT2D eigenvalue weighted by atomic mass is 31.3. The fourth-order valence-corrected chi connectivity index (χ4v) is 12.2. The Hall–Kier alpha value is -0.0100. The van der Waals surface area contributed by atoms with Crippen molar-refractivity contribution >= 4 is 23.0 Å². The van der Waals surface area contributed by atoms with Crippen LogP contribution in [-0.2, 0) is 27.1 Å². The Morgan fingerprint density at radius 3 is 0.875 bits per heavy atom. The zero-order chi connectivity index (χ0) is 30.2. The molecule has 0 bridgehead atoms. The summed E-state index contributed by atoms with van der Waals surface area (Å²) in [7, 11) is 9.72. The number of hydrogen-bond acceptors (Lipinski definition) is 14. The van der Waals surface area contributed by atoms with Gasteiger partial charge in [0.15, 0.2) is 0 Å². The van der Waals surface area contributed by atoms with Gasteiger partial charge in [-0.3, -0.25) is 0 Å². The first kappa shape index (κ1) is 38.0. The summed E-state index contributed by atoms with van der Waals surface area (Å²) in [4.78, 5) is 10.1. The van der Waals surface area contributed by atoms with E-state index < -0.39 is 23.0 Å². The molecule has 0 amide bonds. The predicted molar refractivity (Wildman–Crippen MR) is 167 cm³/mol. The van der Waals surface area contributed by atoms with E-state index >= 15 is 0 Å². The second kappa shape index (κ2) is 19.3. The first-order valence-corrected chi connectivity index (χ1v) is 18.0. The maximum atomic E-state index is 6.45. The van der Waals surface area contributed by atoms with E-state index in [1.165, 1.54) is 0 Å². The third kappa shape index (κ3) is 15.5. The molecule has 1 aliphatic rings. The Morgan fingerprint density at radius 2 is 0.675 bits per heavy atom. The Labute approximate surface area is 243 Å². The van der Waals surface area contributed by atoms with Gasteiger partial charge in [0.05, 0.1) is 39.6 Å². The summed E-state index contributed by atoms with van der Waals surface area (Å²) in [6.07, 6.45) is 1.65. The van der Waals surface area contributed by atoms with E-state index in [9.17, 15) is 0 Å². The molecule has 14 nitrogen and oxygen atoms in total. The van der Waals surface area contributed by atoms with E-state index in [1.54, 1.807) is 6.08 Å². The van der Waals surface area contributed by atoms with E-state index in [4.69, 9.17) is 40.7 Å². The zero-order valence-corrected chi connectivity index (χ0v) is 29.1. The van der Waals surface area contributed by atoms with Gasteiger partial charge < -0.3 is 51.6 Å². The van der Waals surface area contributed by atoms with Crippen molar-refractivity contribution in [3.05, 3.63) is 12.7 Å². The van der Waals surface area contributed by atoms with Gasteiger partial charge in [0, 0.05) is 32.7 Å². The van der Waals surface area contributed by atoms with E-state index in [-0.39, 0.29) is 6.61 Å². The van der Waals surface area contributed by atoms with Crippen LogP contribution in [0, 0.1) is 0 Å². The van der Waals surface area contributed by atoms with Gasteiger partial charge in [0.2, 0.25) is 0 Å². The smallest absolute Gasteiger partial charge is 0.307 e. The SMILES string of the molecule is C=CCOP1(OCCN(C)C)=NP(OCCN(C)C)(OCCN(C)C)=NP(OCCN(C)C)(OCCN(C)C)=N1. The summed E-state index contributed by atoms with van der Waals surface area (Å²) in [6, 6.07) is 0. The standard InChI is InChI=1S/C23H55N8O6P3/c1-12-18-32-38(33-19-13-27(2)3)24-39(34-20-14-28(4)5,35-21-15-29(6)7)26-40(25-38,36-22-16-30(8)9)37-23-17-31(10)11/h12H,1,13-23H2,2-11H3. The molecule has 40 heavy (non-hydrogen) atoms. The molecule has 0 spiro atoms. The maximum Gasteiger partial charge on any atom is 0.349 e. The van der Waals surface area contributed by atoms with Gasteiger partial charge in [-0.25, -0.2) is 0 Å². The summed E-state index contributed by atoms with van der Waals surface area (Å²) in [5.74, 6) is 0. The lowest BCUT2D eigenvalue weighted by molar-refractivity contribution is 0.190. The van der Waals surface area contributed by atoms with Crippen molar-refractivity contribution in [1.82, 2.24) is 24.5 Å². The van der Waals surface area contributed by atoms with E-state index in [0.29, 0.717) is 65.8 Å². The lowest BCUT2D eigenvalue weighted by Gasteiger charge is -2.34. The molecule has 1 aliphatic heterocycles. The fourth-order valence-electron chi connectivity index (χ4n) is 2.77. The van der Waals surface area contributed by atoms with Crippen LogP contribution in [0.5, 0.6) is 0 Å². The first-order chi connectivity index (χ1) is 18.8. The Morgan fingerprint density at radius 1 is 0.450 bits per heavy atom. The molecular formula is C23H55N8O6P3. The summed E-state index contributed by atoms with van der Waals surface area (Å²) >= 11 is 0. The molecule has 0 aromatic rings. The number of hydrogen-bond donors (Lipinski definition) is 0. The Bertz CT molecular complexity index is 834. The highest BCUT2D eigenvalue weighted by Gasteiger charge is 2.43. The molecule has 0 saturated heterocycles. The average Bonchev–Trinajstić information content (AvgIpc) is 2.81. The topological polar surface area (TPSA) is 109 Å². The molecule has 17 heteroatoms. The van der Waals surface area contributed by atoms with Crippen molar-refractivity contribution in [3.8, 4) is 0 Å². The number of rotatable bonds is 23. The van der Waals surface area contributed by atoms with Crippen molar-refractivity contribution in [1.29, 1.82) is 0 Å². The van der Waals surface area contributed by atoms with Gasteiger partial charge in [-0.2, -0.15) is 0 Å². The Balaban J connectivity index is 3.82. The first-order valence-electron chi connectivity index (χ1n) is 13.4. The van der Waals surface area contributed by atoms with Gasteiger partial charge in [0.25, 0.3) is 0 Å². The Kier molecular flexibility index (Phi) is 18.3. The molecule has 0 fully saturated rings. The highest BCUT2D eigenvalue weighted by molar-refractivity contribution is 7.78. The molecule has 0 saturated carbocycles. The lowest BCUT2D eigenvalue weighted by Crippen LogP contribution is -2.21. The minimum absolute atomic E-state index is 0.174. The van der Waals surface area contributed by atoms with E-state index in [2.05, 4.69) is 6.58 Å². The second-order valence-corrected chi connectivity index (χ2v) is 17.1. The van der Waals surface area contributed by atoms with Gasteiger partial charge in [-0.15, -0.1) is 20.1 Å². The van der Waals surface area contributed by atoms with Crippen molar-refractivity contribution in [3.63, 3.8) is 0 Å². The minimum Gasteiger partial charge on any atom is -0.307 e. The largest absolute Gasteiger partial charge is 0.349 e. The third-order valence-electron chi connectivity index (χ3n) is 5.03. The van der Waals surface area contributed by atoms with Gasteiger partial charge in [-0.05, 0) is 70.5 Å². The monoisotopic (exact) mass is 632 g/mol. The average molecular weight is 633 g/mol. The molecule has 0 aromatic heterocycles. The van der Waals surface area contributed by atoms with Crippen molar-refractivity contribution < 1.29 is 27.1 Å². The van der Waals surface area contributed by atoms with Crippen LogP contribution in [0.15, 0.2) is 26.2 Å².